The van der Waals surface area contributed by atoms with Crippen molar-refractivity contribution in [3.05, 3.63) is 64.1 Å². The average Bonchev–Trinajstić information content (AvgIpc) is 2.99. The number of nitrogens with zero attached hydrogens (tertiary/aromatic N) is 2. The summed E-state index contributed by atoms with van der Waals surface area (Å²) in [7, 11) is 1.68. The van der Waals surface area contributed by atoms with Gasteiger partial charge in [0.05, 0.1) is 11.1 Å². The maximum Gasteiger partial charge on any atom is 0.274 e. The second-order valence-corrected chi connectivity index (χ2v) is 6.04. The first-order valence-corrected chi connectivity index (χ1v) is 7.80. The van der Waals surface area contributed by atoms with Crippen LogP contribution in [0.4, 0.5) is 0 Å². The molecule has 2 heterocycles. The molecule has 0 aliphatic carbocycles. The predicted molar refractivity (Wildman–Crippen MR) is 91.0 cm³/mol. The summed E-state index contributed by atoms with van der Waals surface area (Å²) in [6, 6.07) is 12.5. The predicted octanol–water partition coefficient (Wildman–Crippen LogP) is 4.97. The number of carbonyl (C=O) groups excluding carboxylic acids is 1. The van der Waals surface area contributed by atoms with E-state index >= 15 is 0 Å². The number of amides is 1. The van der Waals surface area contributed by atoms with Crippen molar-refractivity contribution in [1.82, 2.24) is 9.88 Å². The molecule has 2 aromatic heterocycles. The molecule has 0 N–H and O–H groups in total. The van der Waals surface area contributed by atoms with Crippen LogP contribution >= 0.6 is 23.2 Å². The van der Waals surface area contributed by atoms with Crippen LogP contribution in [0.3, 0.4) is 0 Å². The second kappa shape index (κ2) is 6.22. The summed E-state index contributed by atoms with van der Waals surface area (Å²) in [5, 5.41) is 1.49. The quantitative estimate of drug-likeness (QED) is 0.628. The van der Waals surface area contributed by atoms with Crippen molar-refractivity contribution in [2.45, 2.75) is 13.0 Å². The molecule has 1 aromatic carbocycles. The molecule has 3 rings (SSSR count). The zero-order valence-electron chi connectivity index (χ0n) is 12.6. The van der Waals surface area contributed by atoms with Crippen LogP contribution in [0.25, 0.3) is 11.0 Å². The third-order valence-electron chi connectivity index (χ3n) is 3.77. The molecule has 1 atom stereocenters. The molecule has 6 heteroatoms. The fourth-order valence-electron chi connectivity index (χ4n) is 2.31. The molecule has 0 saturated carbocycles. The lowest BCUT2D eigenvalue weighted by Crippen LogP contribution is -2.30. The van der Waals surface area contributed by atoms with E-state index in [2.05, 4.69) is 4.98 Å². The maximum absolute atomic E-state index is 12.6. The minimum absolute atomic E-state index is 0.129. The molecule has 0 fully saturated rings. The van der Waals surface area contributed by atoms with Gasteiger partial charge in [-0.15, -0.1) is 0 Å². The Balaban J connectivity index is 1.90. The van der Waals surface area contributed by atoms with Gasteiger partial charge in [0.25, 0.3) is 5.91 Å². The number of pyridine rings is 1. The van der Waals surface area contributed by atoms with E-state index in [1.807, 2.05) is 37.3 Å². The van der Waals surface area contributed by atoms with E-state index < -0.39 is 0 Å². The van der Waals surface area contributed by atoms with Gasteiger partial charge >= 0.3 is 0 Å². The van der Waals surface area contributed by atoms with Gasteiger partial charge in [-0.2, -0.15) is 0 Å². The van der Waals surface area contributed by atoms with Gasteiger partial charge in [-0.25, -0.2) is 4.98 Å². The summed E-state index contributed by atoms with van der Waals surface area (Å²) in [5.74, 6) is 0.380. The van der Waals surface area contributed by atoms with Gasteiger partial charge in [0.15, 0.2) is 0 Å². The Kier molecular flexibility index (Phi) is 4.28. The largest absolute Gasteiger partial charge is 0.459 e. The van der Waals surface area contributed by atoms with Crippen LogP contribution in [-0.2, 0) is 0 Å². The Morgan fingerprint density at radius 2 is 1.96 bits per heavy atom. The van der Waals surface area contributed by atoms with Crippen LogP contribution in [0.15, 0.2) is 46.9 Å². The molecule has 0 aliphatic rings. The highest BCUT2D eigenvalue weighted by Crippen LogP contribution is 2.28. The Morgan fingerprint density at radius 3 is 2.70 bits per heavy atom. The first-order chi connectivity index (χ1) is 11.0. The van der Waals surface area contributed by atoms with Crippen molar-refractivity contribution in [1.29, 1.82) is 0 Å². The smallest absolute Gasteiger partial charge is 0.274 e. The minimum atomic E-state index is -0.314. The van der Waals surface area contributed by atoms with Crippen molar-refractivity contribution in [2.24, 2.45) is 0 Å². The van der Waals surface area contributed by atoms with E-state index in [0.29, 0.717) is 5.76 Å². The standard InChI is InChI=1S/C17H14Cl2N2O2/c1-10(14-9-11-5-3-4-6-13(11)23-14)21(2)17(22)16-12(18)7-8-15(19)20-16/h3-10H,1-2H3. The topological polar surface area (TPSA) is 46.3 Å². The molecular formula is C17H14Cl2N2O2. The highest BCUT2D eigenvalue weighted by molar-refractivity contribution is 6.34. The highest BCUT2D eigenvalue weighted by Gasteiger charge is 2.24. The van der Waals surface area contributed by atoms with Gasteiger partial charge < -0.3 is 9.32 Å². The number of hydrogen-bond donors (Lipinski definition) is 0. The van der Waals surface area contributed by atoms with Gasteiger partial charge in [-0.05, 0) is 31.2 Å². The number of benzene rings is 1. The third kappa shape index (κ3) is 3.05. The fraction of sp³-hybridized carbons (Fsp3) is 0.176. The second-order valence-electron chi connectivity index (χ2n) is 5.24. The summed E-state index contributed by atoms with van der Waals surface area (Å²) >= 11 is 11.9. The third-order valence-corrected chi connectivity index (χ3v) is 4.29. The number of hydrogen-bond acceptors (Lipinski definition) is 3. The van der Waals surface area contributed by atoms with Gasteiger partial charge in [0.2, 0.25) is 0 Å². The number of rotatable bonds is 3. The van der Waals surface area contributed by atoms with Crippen molar-refractivity contribution in [2.75, 3.05) is 7.05 Å². The molecule has 1 amide bonds. The van der Waals surface area contributed by atoms with E-state index in [0.717, 1.165) is 11.0 Å². The minimum Gasteiger partial charge on any atom is -0.459 e. The lowest BCUT2D eigenvalue weighted by atomic mass is 10.2. The van der Waals surface area contributed by atoms with Crippen molar-refractivity contribution in [3.8, 4) is 0 Å². The first-order valence-electron chi connectivity index (χ1n) is 7.05. The van der Waals surface area contributed by atoms with E-state index in [1.165, 1.54) is 4.90 Å². The van der Waals surface area contributed by atoms with Crippen molar-refractivity contribution >= 4 is 40.1 Å². The summed E-state index contributed by atoms with van der Waals surface area (Å²) in [4.78, 5) is 18.2. The summed E-state index contributed by atoms with van der Waals surface area (Å²) < 4.78 is 5.82. The molecule has 23 heavy (non-hydrogen) atoms. The molecule has 0 saturated heterocycles. The zero-order valence-corrected chi connectivity index (χ0v) is 14.1. The number of carbonyl (C=O) groups is 1. The Hall–Kier alpha value is -2.04. The summed E-state index contributed by atoms with van der Waals surface area (Å²) in [6.07, 6.45) is 0. The van der Waals surface area contributed by atoms with Crippen LogP contribution in [0.1, 0.15) is 29.2 Å². The van der Waals surface area contributed by atoms with E-state index in [-0.39, 0.29) is 27.8 Å². The lowest BCUT2D eigenvalue weighted by molar-refractivity contribution is 0.0722. The number of furan rings is 1. The maximum atomic E-state index is 12.6. The van der Waals surface area contributed by atoms with Crippen LogP contribution in [0, 0.1) is 0 Å². The lowest BCUT2D eigenvalue weighted by Gasteiger charge is -2.23. The van der Waals surface area contributed by atoms with Crippen LogP contribution in [0.5, 0.6) is 0 Å². The first kappa shape index (κ1) is 15.8. The normalized spacial score (nSPS) is 12.3. The van der Waals surface area contributed by atoms with E-state index in [9.17, 15) is 4.79 Å². The van der Waals surface area contributed by atoms with Gasteiger partial charge in [0, 0.05) is 12.4 Å². The molecule has 118 valence electrons. The molecule has 0 spiro atoms. The van der Waals surface area contributed by atoms with E-state index in [4.69, 9.17) is 27.6 Å². The van der Waals surface area contributed by atoms with Crippen LogP contribution in [0.2, 0.25) is 10.2 Å². The molecule has 3 aromatic rings. The van der Waals surface area contributed by atoms with Crippen LogP contribution in [-0.4, -0.2) is 22.8 Å². The molecule has 0 aliphatic heterocycles. The molecule has 0 bridgehead atoms. The summed E-state index contributed by atoms with van der Waals surface area (Å²) in [6.45, 7) is 1.88. The Morgan fingerprint density at radius 1 is 1.22 bits per heavy atom. The van der Waals surface area contributed by atoms with Crippen molar-refractivity contribution in [3.63, 3.8) is 0 Å². The van der Waals surface area contributed by atoms with Gasteiger partial charge in [0.1, 0.15) is 22.2 Å². The molecule has 1 unspecified atom stereocenters. The monoisotopic (exact) mass is 348 g/mol. The Bertz CT molecular complexity index is 843. The fourth-order valence-corrected chi connectivity index (χ4v) is 2.64. The van der Waals surface area contributed by atoms with Gasteiger partial charge in [-0.3, -0.25) is 4.79 Å². The average molecular weight is 349 g/mol. The number of para-hydroxylation sites is 1. The Labute approximate surface area is 143 Å². The molecule has 0 radical (unpaired) electrons. The van der Waals surface area contributed by atoms with Crippen molar-refractivity contribution < 1.29 is 9.21 Å². The number of halogens is 2. The molecule has 4 nitrogen and oxygen atoms in total. The van der Waals surface area contributed by atoms with Gasteiger partial charge in [-0.1, -0.05) is 41.4 Å². The number of aromatic nitrogens is 1. The van der Waals surface area contributed by atoms with Crippen LogP contribution < -0.4 is 0 Å². The van der Waals surface area contributed by atoms with E-state index in [1.54, 1.807) is 19.2 Å². The SMILES string of the molecule is CC(c1cc2ccccc2o1)N(C)C(=O)c1nc(Cl)ccc1Cl. The zero-order chi connectivity index (χ0) is 16.6. The number of fused-ring (bicyclic) bond motifs is 1. The summed E-state index contributed by atoms with van der Waals surface area (Å²) in [5.41, 5.74) is 0.915. The highest BCUT2D eigenvalue weighted by atomic mass is 35.5. The molecular weight excluding hydrogens is 335 g/mol.